The second-order valence-corrected chi connectivity index (χ2v) is 7.61. The van der Waals surface area contributed by atoms with E-state index < -0.39 is 46.4 Å². The maximum atomic E-state index is 13.0. The van der Waals surface area contributed by atoms with Crippen molar-refractivity contribution in [2.24, 2.45) is 14.1 Å². The fourth-order valence-corrected chi connectivity index (χ4v) is 3.34. The molecule has 2 amide bonds. The summed E-state index contributed by atoms with van der Waals surface area (Å²) in [7, 11) is 4.01. The van der Waals surface area contributed by atoms with Crippen molar-refractivity contribution >= 4 is 40.1 Å². The molecule has 3 aromatic rings. The molecule has 0 saturated heterocycles. The number of amides is 2. The van der Waals surface area contributed by atoms with Gasteiger partial charge in [0, 0.05) is 33.0 Å². The average molecular weight is 484 g/mol. The van der Waals surface area contributed by atoms with E-state index in [9.17, 15) is 32.3 Å². The Morgan fingerprint density at radius 3 is 2.45 bits per heavy atom. The van der Waals surface area contributed by atoms with E-state index in [1.54, 1.807) is 0 Å². The number of benzene rings is 1. The Kier molecular flexibility index (Phi) is 6.32. The van der Waals surface area contributed by atoms with Gasteiger partial charge < -0.3 is 10.2 Å². The minimum atomic E-state index is -4.70. The van der Waals surface area contributed by atoms with Crippen LogP contribution in [0.2, 0.25) is 5.02 Å². The Morgan fingerprint density at radius 2 is 1.82 bits per heavy atom. The fraction of sp³-hybridized carbons (Fsp3) is 0.250. The molecule has 13 heteroatoms. The molecular formula is C20H17ClF3N5O4. The van der Waals surface area contributed by atoms with Crippen molar-refractivity contribution in [3.63, 3.8) is 0 Å². The molecule has 33 heavy (non-hydrogen) atoms. The summed E-state index contributed by atoms with van der Waals surface area (Å²) in [5.41, 5.74) is -2.40. The number of nitrogens with one attached hydrogen (secondary N) is 1. The van der Waals surface area contributed by atoms with Crippen molar-refractivity contribution in [3.05, 3.63) is 67.4 Å². The molecule has 1 N–H and O–H groups in total. The summed E-state index contributed by atoms with van der Waals surface area (Å²) in [5, 5.41) is 1.80. The molecule has 0 bridgehead atoms. The third-order valence-corrected chi connectivity index (χ3v) is 5.15. The van der Waals surface area contributed by atoms with Crippen molar-refractivity contribution in [1.29, 1.82) is 0 Å². The zero-order valence-corrected chi connectivity index (χ0v) is 18.3. The van der Waals surface area contributed by atoms with E-state index >= 15 is 0 Å². The number of nitrogens with zero attached hydrogens (tertiary/aromatic N) is 4. The van der Waals surface area contributed by atoms with Gasteiger partial charge in [-0.25, -0.2) is 9.78 Å². The smallest absolute Gasteiger partial charge is 0.332 e. The summed E-state index contributed by atoms with van der Waals surface area (Å²) >= 11 is 5.56. The molecule has 0 spiro atoms. The van der Waals surface area contributed by atoms with Gasteiger partial charge in [-0.05, 0) is 24.3 Å². The standard InChI is InChI=1S/C20H17ClF3N5O4/c1-27(9-15(30)26-11-4-5-14(21)13(7-11)20(22,23)24)17(31)10-6-12-16(25-8-10)28(2)19(33)29(3)18(12)32/h4-8H,9H2,1-3H3,(H,26,30). The highest BCUT2D eigenvalue weighted by molar-refractivity contribution is 6.31. The maximum absolute atomic E-state index is 13.0. The first-order chi connectivity index (χ1) is 15.3. The number of aromatic nitrogens is 3. The quantitative estimate of drug-likeness (QED) is 0.611. The molecule has 0 fully saturated rings. The van der Waals surface area contributed by atoms with Gasteiger partial charge in [0.25, 0.3) is 11.5 Å². The van der Waals surface area contributed by atoms with Gasteiger partial charge in [0.15, 0.2) is 0 Å². The molecule has 0 atom stereocenters. The van der Waals surface area contributed by atoms with E-state index in [4.69, 9.17) is 11.6 Å². The Labute approximate surface area is 189 Å². The lowest BCUT2D eigenvalue weighted by molar-refractivity contribution is -0.137. The second kappa shape index (κ2) is 8.70. The minimum absolute atomic E-state index is 0.0144. The van der Waals surface area contributed by atoms with E-state index in [1.807, 2.05) is 0 Å². The molecule has 0 aliphatic rings. The second-order valence-electron chi connectivity index (χ2n) is 7.20. The molecule has 2 aromatic heterocycles. The molecule has 0 unspecified atom stereocenters. The third kappa shape index (κ3) is 4.75. The summed E-state index contributed by atoms with van der Waals surface area (Å²) in [6.45, 7) is -0.494. The molecule has 0 saturated carbocycles. The molecule has 174 valence electrons. The van der Waals surface area contributed by atoms with Crippen LogP contribution in [-0.2, 0) is 25.1 Å². The Balaban J connectivity index is 1.80. The monoisotopic (exact) mass is 483 g/mol. The number of hydrogen-bond donors (Lipinski definition) is 1. The zero-order valence-electron chi connectivity index (χ0n) is 17.5. The first-order valence-corrected chi connectivity index (χ1v) is 9.67. The van der Waals surface area contributed by atoms with Gasteiger partial charge in [-0.3, -0.25) is 23.5 Å². The van der Waals surface area contributed by atoms with Crippen molar-refractivity contribution in [3.8, 4) is 0 Å². The normalized spacial score (nSPS) is 11.5. The first-order valence-electron chi connectivity index (χ1n) is 9.29. The SMILES string of the molecule is CN(CC(=O)Nc1ccc(Cl)c(C(F)(F)F)c1)C(=O)c1cnc2c(c1)c(=O)n(C)c(=O)n2C. The van der Waals surface area contributed by atoms with Gasteiger partial charge in [0.05, 0.1) is 28.1 Å². The average Bonchev–Trinajstić information content (AvgIpc) is 2.75. The summed E-state index contributed by atoms with van der Waals surface area (Å²) in [6, 6.07) is 4.15. The van der Waals surface area contributed by atoms with Crippen molar-refractivity contribution in [1.82, 2.24) is 19.0 Å². The summed E-state index contributed by atoms with van der Waals surface area (Å²) in [6.07, 6.45) is -3.54. The number of anilines is 1. The van der Waals surface area contributed by atoms with Gasteiger partial charge in [-0.2, -0.15) is 13.2 Å². The summed E-state index contributed by atoms with van der Waals surface area (Å²) in [4.78, 5) is 54.4. The van der Waals surface area contributed by atoms with Crippen LogP contribution in [0.25, 0.3) is 11.0 Å². The molecule has 0 radical (unpaired) electrons. The number of fused-ring (bicyclic) bond motifs is 1. The van der Waals surface area contributed by atoms with Gasteiger partial charge in [0.2, 0.25) is 5.91 Å². The summed E-state index contributed by atoms with van der Waals surface area (Å²) < 4.78 is 41.0. The highest BCUT2D eigenvalue weighted by Crippen LogP contribution is 2.36. The lowest BCUT2D eigenvalue weighted by Crippen LogP contribution is -2.38. The van der Waals surface area contributed by atoms with Crippen LogP contribution in [0.3, 0.4) is 0 Å². The van der Waals surface area contributed by atoms with Gasteiger partial charge in [-0.1, -0.05) is 11.6 Å². The number of carbonyl (C=O) groups is 2. The number of carbonyl (C=O) groups excluding carboxylic acids is 2. The van der Waals surface area contributed by atoms with Crippen LogP contribution >= 0.6 is 11.6 Å². The molecular weight excluding hydrogens is 467 g/mol. The number of halogens is 4. The molecule has 9 nitrogen and oxygen atoms in total. The van der Waals surface area contributed by atoms with Crippen molar-refractivity contribution in [2.45, 2.75) is 6.18 Å². The van der Waals surface area contributed by atoms with Crippen LogP contribution in [0.4, 0.5) is 18.9 Å². The van der Waals surface area contributed by atoms with Crippen LogP contribution in [0.15, 0.2) is 40.1 Å². The van der Waals surface area contributed by atoms with Crippen LogP contribution < -0.4 is 16.6 Å². The predicted octanol–water partition coefficient (Wildman–Crippen LogP) is 2.02. The topological polar surface area (TPSA) is 106 Å². The summed E-state index contributed by atoms with van der Waals surface area (Å²) in [5.74, 6) is -1.42. The number of likely N-dealkylation sites (N-methyl/N-ethyl adjacent to an activating group) is 1. The van der Waals surface area contributed by atoms with Crippen LogP contribution in [0.5, 0.6) is 0 Å². The van der Waals surface area contributed by atoms with Crippen LogP contribution in [0.1, 0.15) is 15.9 Å². The Bertz CT molecular complexity index is 1400. The highest BCUT2D eigenvalue weighted by atomic mass is 35.5. The molecule has 1 aromatic carbocycles. The molecule has 2 heterocycles. The Morgan fingerprint density at radius 1 is 1.15 bits per heavy atom. The van der Waals surface area contributed by atoms with Crippen molar-refractivity contribution in [2.75, 3.05) is 18.9 Å². The Hall–Kier alpha value is -3.67. The van der Waals surface area contributed by atoms with E-state index in [-0.39, 0.29) is 22.3 Å². The molecule has 0 aliphatic carbocycles. The maximum Gasteiger partial charge on any atom is 0.417 e. The fourth-order valence-electron chi connectivity index (χ4n) is 3.11. The number of pyridine rings is 1. The van der Waals surface area contributed by atoms with E-state index in [0.29, 0.717) is 6.07 Å². The molecule has 3 rings (SSSR count). The van der Waals surface area contributed by atoms with Crippen LogP contribution in [-0.4, -0.2) is 44.4 Å². The predicted molar refractivity (Wildman–Crippen MR) is 114 cm³/mol. The van der Waals surface area contributed by atoms with E-state index in [1.165, 1.54) is 33.3 Å². The lowest BCUT2D eigenvalue weighted by atomic mass is 10.2. The van der Waals surface area contributed by atoms with Crippen molar-refractivity contribution < 1.29 is 22.8 Å². The van der Waals surface area contributed by atoms with E-state index in [0.717, 1.165) is 26.3 Å². The van der Waals surface area contributed by atoms with Gasteiger partial charge in [0.1, 0.15) is 5.65 Å². The first kappa shape index (κ1) is 24.0. The number of hydrogen-bond acceptors (Lipinski definition) is 5. The lowest BCUT2D eigenvalue weighted by Gasteiger charge is -2.18. The number of aryl methyl sites for hydroxylation is 1. The van der Waals surface area contributed by atoms with Gasteiger partial charge in [-0.15, -0.1) is 0 Å². The third-order valence-electron chi connectivity index (χ3n) is 4.82. The van der Waals surface area contributed by atoms with Crippen LogP contribution in [0, 0.1) is 0 Å². The number of alkyl halides is 3. The number of rotatable bonds is 4. The highest BCUT2D eigenvalue weighted by Gasteiger charge is 2.33. The zero-order chi connectivity index (χ0) is 24.7. The minimum Gasteiger partial charge on any atom is -0.332 e. The molecule has 0 aliphatic heterocycles. The van der Waals surface area contributed by atoms with Gasteiger partial charge >= 0.3 is 11.9 Å². The largest absolute Gasteiger partial charge is 0.417 e. The van der Waals surface area contributed by atoms with E-state index in [2.05, 4.69) is 10.3 Å².